The highest BCUT2D eigenvalue weighted by Crippen LogP contribution is 2.24. The van der Waals surface area contributed by atoms with Gasteiger partial charge >= 0.3 is 0 Å². The van der Waals surface area contributed by atoms with Gasteiger partial charge in [0.2, 0.25) is 0 Å². The van der Waals surface area contributed by atoms with Crippen LogP contribution in [0.1, 0.15) is 43.0 Å². The largest absolute Gasteiger partial charge is 0.398 e. The SMILES string of the molecule is CCC1CCCN(C(=O)c2ccc(Br)c(N)c2)CC1. The lowest BCUT2D eigenvalue weighted by atomic mass is 9.98. The van der Waals surface area contributed by atoms with Crippen LogP contribution < -0.4 is 5.73 Å². The maximum atomic E-state index is 12.5. The van der Waals surface area contributed by atoms with E-state index in [4.69, 9.17) is 5.73 Å². The fourth-order valence-corrected chi connectivity index (χ4v) is 2.88. The summed E-state index contributed by atoms with van der Waals surface area (Å²) in [4.78, 5) is 14.4. The van der Waals surface area contributed by atoms with Gasteiger partial charge in [0, 0.05) is 28.8 Å². The summed E-state index contributed by atoms with van der Waals surface area (Å²) in [5.41, 5.74) is 7.15. The molecule has 1 unspecified atom stereocenters. The molecular weight excluding hydrogens is 304 g/mol. The van der Waals surface area contributed by atoms with Gasteiger partial charge in [0.05, 0.1) is 0 Å². The molecule has 2 rings (SSSR count). The summed E-state index contributed by atoms with van der Waals surface area (Å²) in [6, 6.07) is 5.44. The Bertz CT molecular complexity index is 461. The molecule has 1 aliphatic heterocycles. The van der Waals surface area contributed by atoms with Gasteiger partial charge in [-0.1, -0.05) is 13.3 Å². The Labute approximate surface area is 123 Å². The average Bonchev–Trinajstić information content (AvgIpc) is 2.66. The Balaban J connectivity index is 2.08. The molecule has 3 nitrogen and oxygen atoms in total. The first-order valence-corrected chi connectivity index (χ1v) is 7.75. The summed E-state index contributed by atoms with van der Waals surface area (Å²) < 4.78 is 0.839. The predicted molar refractivity (Wildman–Crippen MR) is 82.1 cm³/mol. The molecule has 0 bridgehead atoms. The smallest absolute Gasteiger partial charge is 0.253 e. The number of carbonyl (C=O) groups excluding carboxylic acids is 1. The van der Waals surface area contributed by atoms with E-state index in [1.807, 2.05) is 17.0 Å². The molecule has 19 heavy (non-hydrogen) atoms. The van der Waals surface area contributed by atoms with Gasteiger partial charge in [0.15, 0.2) is 0 Å². The molecule has 104 valence electrons. The minimum absolute atomic E-state index is 0.107. The van der Waals surface area contributed by atoms with Crippen LogP contribution in [0.4, 0.5) is 5.69 Å². The van der Waals surface area contributed by atoms with Crippen LogP contribution in [0.15, 0.2) is 22.7 Å². The molecule has 0 spiro atoms. The van der Waals surface area contributed by atoms with Crippen molar-refractivity contribution in [3.8, 4) is 0 Å². The Morgan fingerprint density at radius 1 is 1.42 bits per heavy atom. The van der Waals surface area contributed by atoms with Crippen LogP contribution in [0.25, 0.3) is 0 Å². The number of carbonyl (C=O) groups is 1. The zero-order valence-electron chi connectivity index (χ0n) is 11.4. The first-order chi connectivity index (χ1) is 9.11. The summed E-state index contributed by atoms with van der Waals surface area (Å²) in [7, 11) is 0. The van der Waals surface area contributed by atoms with E-state index < -0.39 is 0 Å². The van der Waals surface area contributed by atoms with Crippen LogP contribution >= 0.6 is 15.9 Å². The number of nitrogen functional groups attached to an aromatic ring is 1. The second kappa shape index (κ2) is 6.42. The van der Waals surface area contributed by atoms with Gasteiger partial charge in [-0.2, -0.15) is 0 Å². The summed E-state index contributed by atoms with van der Waals surface area (Å²) in [6.07, 6.45) is 4.68. The molecule has 1 fully saturated rings. The molecule has 2 N–H and O–H groups in total. The molecule has 0 saturated carbocycles. The van der Waals surface area contributed by atoms with Gasteiger partial charge < -0.3 is 10.6 Å². The van der Waals surface area contributed by atoms with Crippen molar-refractivity contribution in [1.82, 2.24) is 4.90 Å². The lowest BCUT2D eigenvalue weighted by Crippen LogP contribution is -2.32. The molecule has 0 aliphatic carbocycles. The molecule has 1 amide bonds. The first kappa shape index (κ1) is 14.4. The fourth-order valence-electron chi connectivity index (χ4n) is 2.64. The second-order valence-electron chi connectivity index (χ2n) is 5.23. The van der Waals surface area contributed by atoms with E-state index in [0.717, 1.165) is 36.3 Å². The van der Waals surface area contributed by atoms with Crippen molar-refractivity contribution in [1.29, 1.82) is 0 Å². The third kappa shape index (κ3) is 3.50. The maximum Gasteiger partial charge on any atom is 0.253 e. The van der Waals surface area contributed by atoms with Gasteiger partial charge in [-0.3, -0.25) is 4.79 Å². The van der Waals surface area contributed by atoms with Crippen LogP contribution in [0.5, 0.6) is 0 Å². The van der Waals surface area contributed by atoms with Crippen molar-refractivity contribution in [3.63, 3.8) is 0 Å². The van der Waals surface area contributed by atoms with E-state index in [1.54, 1.807) is 6.07 Å². The van der Waals surface area contributed by atoms with Crippen LogP contribution in [-0.2, 0) is 0 Å². The Morgan fingerprint density at radius 3 is 2.89 bits per heavy atom. The summed E-state index contributed by atoms with van der Waals surface area (Å²) in [5.74, 6) is 0.878. The third-order valence-corrected chi connectivity index (χ3v) is 4.68. The van der Waals surface area contributed by atoms with Crippen LogP contribution in [0.2, 0.25) is 0 Å². The van der Waals surface area contributed by atoms with Gasteiger partial charge in [-0.25, -0.2) is 0 Å². The minimum Gasteiger partial charge on any atom is -0.398 e. The number of hydrogen-bond acceptors (Lipinski definition) is 2. The van der Waals surface area contributed by atoms with E-state index in [0.29, 0.717) is 11.3 Å². The lowest BCUT2D eigenvalue weighted by Gasteiger charge is -2.21. The summed E-state index contributed by atoms with van der Waals surface area (Å²) in [6.45, 7) is 3.97. The van der Waals surface area contributed by atoms with Crippen LogP contribution in [0.3, 0.4) is 0 Å². The summed E-state index contributed by atoms with van der Waals surface area (Å²) >= 11 is 3.35. The van der Waals surface area contributed by atoms with Crippen molar-refractivity contribution in [3.05, 3.63) is 28.2 Å². The maximum absolute atomic E-state index is 12.5. The number of nitrogens with zero attached hydrogens (tertiary/aromatic N) is 1. The zero-order valence-corrected chi connectivity index (χ0v) is 12.9. The molecule has 1 heterocycles. The van der Waals surface area contributed by atoms with E-state index in [9.17, 15) is 4.79 Å². The molecule has 0 radical (unpaired) electrons. The molecule has 1 aromatic rings. The minimum atomic E-state index is 0.107. The standard InChI is InChI=1S/C15H21BrN2O/c1-2-11-4-3-8-18(9-7-11)15(19)12-5-6-13(16)14(17)10-12/h5-6,10-11H,2-4,7-9,17H2,1H3. The van der Waals surface area contributed by atoms with Crippen LogP contribution in [-0.4, -0.2) is 23.9 Å². The number of amides is 1. The van der Waals surface area contributed by atoms with Gasteiger partial charge in [-0.15, -0.1) is 0 Å². The zero-order chi connectivity index (χ0) is 13.8. The number of nitrogens with two attached hydrogens (primary N) is 1. The molecule has 4 heteroatoms. The van der Waals surface area contributed by atoms with Gasteiger partial charge in [0.25, 0.3) is 5.91 Å². The van der Waals surface area contributed by atoms with E-state index in [2.05, 4.69) is 22.9 Å². The molecular formula is C15H21BrN2O. The topological polar surface area (TPSA) is 46.3 Å². The highest BCUT2D eigenvalue weighted by molar-refractivity contribution is 9.10. The molecule has 1 aliphatic rings. The molecule has 0 aromatic heterocycles. The number of rotatable bonds is 2. The molecule has 1 atom stereocenters. The number of likely N-dealkylation sites (tertiary alicyclic amines) is 1. The highest BCUT2D eigenvalue weighted by atomic mass is 79.9. The normalized spacial score (nSPS) is 20.1. The monoisotopic (exact) mass is 324 g/mol. The fraction of sp³-hybridized carbons (Fsp3) is 0.533. The number of halogens is 1. The van der Waals surface area contributed by atoms with E-state index in [1.165, 1.54) is 12.8 Å². The number of anilines is 1. The first-order valence-electron chi connectivity index (χ1n) is 6.96. The molecule has 1 saturated heterocycles. The van der Waals surface area contributed by atoms with Crippen molar-refractivity contribution < 1.29 is 4.79 Å². The third-order valence-electron chi connectivity index (χ3n) is 3.96. The Morgan fingerprint density at radius 2 is 2.21 bits per heavy atom. The predicted octanol–water partition coefficient (Wildman–Crippen LogP) is 3.68. The number of hydrogen-bond donors (Lipinski definition) is 1. The highest BCUT2D eigenvalue weighted by Gasteiger charge is 2.21. The van der Waals surface area contributed by atoms with Gasteiger partial charge in [-0.05, 0) is 59.3 Å². The summed E-state index contributed by atoms with van der Waals surface area (Å²) in [5, 5.41) is 0. The molecule has 1 aromatic carbocycles. The van der Waals surface area contributed by atoms with E-state index in [-0.39, 0.29) is 5.91 Å². The Hall–Kier alpha value is -1.03. The quantitative estimate of drug-likeness (QED) is 0.843. The van der Waals surface area contributed by atoms with Crippen molar-refractivity contribution in [2.75, 3.05) is 18.8 Å². The number of benzene rings is 1. The van der Waals surface area contributed by atoms with Crippen molar-refractivity contribution >= 4 is 27.5 Å². The second-order valence-corrected chi connectivity index (χ2v) is 6.09. The van der Waals surface area contributed by atoms with Crippen LogP contribution in [0, 0.1) is 5.92 Å². The lowest BCUT2D eigenvalue weighted by molar-refractivity contribution is 0.0760. The van der Waals surface area contributed by atoms with E-state index >= 15 is 0 Å². The Kier molecular flexibility index (Phi) is 4.86. The van der Waals surface area contributed by atoms with Crippen molar-refractivity contribution in [2.24, 2.45) is 5.92 Å². The average molecular weight is 325 g/mol. The van der Waals surface area contributed by atoms with Crippen molar-refractivity contribution in [2.45, 2.75) is 32.6 Å². The van der Waals surface area contributed by atoms with Gasteiger partial charge in [0.1, 0.15) is 0 Å².